The summed E-state index contributed by atoms with van der Waals surface area (Å²) in [6.07, 6.45) is 0.644. The lowest BCUT2D eigenvalue weighted by atomic mass is 10.1. The molecule has 0 aliphatic heterocycles. The second kappa shape index (κ2) is 5.01. The highest BCUT2D eigenvalue weighted by Gasteiger charge is 2.02. The van der Waals surface area contributed by atoms with Crippen molar-refractivity contribution in [2.45, 2.75) is 0 Å². The highest BCUT2D eigenvalue weighted by atomic mass is 16.6. The van der Waals surface area contributed by atoms with Gasteiger partial charge >= 0.3 is 0 Å². The first-order valence-electron chi connectivity index (χ1n) is 4.02. The van der Waals surface area contributed by atoms with Gasteiger partial charge in [-0.05, 0) is 24.3 Å². The second-order valence-corrected chi connectivity index (χ2v) is 2.51. The Morgan fingerprint density at radius 1 is 1.29 bits per heavy atom. The summed E-state index contributed by atoms with van der Waals surface area (Å²) in [6, 6.07) is 6.99. The molecular formula is C10H11NO3. The van der Waals surface area contributed by atoms with E-state index in [1.165, 1.54) is 7.11 Å². The molecular weight excluding hydrogens is 182 g/mol. The number of hydrogen-bond acceptors (Lipinski definition) is 4. The molecule has 14 heavy (non-hydrogen) atoms. The lowest BCUT2D eigenvalue weighted by Crippen LogP contribution is -2.02. The lowest BCUT2D eigenvalue weighted by Gasteiger charge is -2.01. The first-order chi connectivity index (χ1) is 6.81. The highest BCUT2D eigenvalue weighted by Crippen LogP contribution is 2.11. The van der Waals surface area contributed by atoms with Gasteiger partial charge in [0.2, 0.25) is 0 Å². The number of hydrogen-bond donors (Lipinski definition) is 0. The Morgan fingerprint density at radius 3 is 2.36 bits per heavy atom. The minimum Gasteiger partial charge on any atom is -0.497 e. The average Bonchev–Trinajstić information content (AvgIpc) is 2.26. The Bertz CT molecular complexity index is 330. The van der Waals surface area contributed by atoms with Gasteiger partial charge in [-0.3, -0.25) is 4.79 Å². The Balaban J connectivity index is 2.95. The molecule has 0 aliphatic rings. The lowest BCUT2D eigenvalue weighted by molar-refractivity contribution is -0.102. The number of rotatable bonds is 4. The summed E-state index contributed by atoms with van der Waals surface area (Å²) in [5.74, 6) is 0.733. The summed E-state index contributed by atoms with van der Waals surface area (Å²) in [6.45, 7) is 0. The van der Waals surface area contributed by atoms with Crippen LogP contribution in [0.4, 0.5) is 0 Å². The topological polar surface area (TPSA) is 47.9 Å². The molecule has 0 saturated carbocycles. The van der Waals surface area contributed by atoms with Gasteiger partial charge in [0.25, 0.3) is 0 Å². The third kappa shape index (κ3) is 2.32. The number of ether oxygens (including phenoxy) is 1. The van der Waals surface area contributed by atoms with E-state index in [0.29, 0.717) is 11.8 Å². The highest BCUT2D eigenvalue weighted by molar-refractivity contribution is 6.36. The molecule has 74 valence electrons. The Labute approximate surface area is 82.1 Å². The molecule has 1 aromatic carbocycles. The fourth-order valence-electron chi connectivity index (χ4n) is 1.00. The molecule has 0 bridgehead atoms. The van der Waals surface area contributed by atoms with E-state index in [9.17, 15) is 4.79 Å². The van der Waals surface area contributed by atoms with Crippen molar-refractivity contribution in [2.24, 2.45) is 5.16 Å². The van der Waals surface area contributed by atoms with Crippen LogP contribution in [-0.4, -0.2) is 26.2 Å². The van der Waals surface area contributed by atoms with Crippen molar-refractivity contribution in [3.63, 3.8) is 0 Å². The van der Waals surface area contributed by atoms with Crippen LogP contribution in [0.5, 0.6) is 5.75 Å². The van der Waals surface area contributed by atoms with Crippen LogP contribution in [0.1, 0.15) is 5.56 Å². The fraction of sp³-hybridized carbons (Fsp3) is 0.200. The summed E-state index contributed by atoms with van der Waals surface area (Å²) in [7, 11) is 2.98. The monoisotopic (exact) mass is 193 g/mol. The van der Waals surface area contributed by atoms with Crippen LogP contribution in [0.15, 0.2) is 29.4 Å². The van der Waals surface area contributed by atoms with Crippen LogP contribution >= 0.6 is 0 Å². The van der Waals surface area contributed by atoms with Crippen molar-refractivity contribution in [1.29, 1.82) is 0 Å². The number of methoxy groups -OCH3 is 1. The summed E-state index contributed by atoms with van der Waals surface area (Å²) in [5.41, 5.74) is 0.956. The Morgan fingerprint density at radius 2 is 1.93 bits per heavy atom. The fourth-order valence-corrected chi connectivity index (χ4v) is 1.00. The summed E-state index contributed by atoms with van der Waals surface area (Å²) >= 11 is 0. The number of oxime groups is 1. The molecule has 0 unspecified atom stereocenters. The first kappa shape index (κ1) is 10.2. The van der Waals surface area contributed by atoms with Gasteiger partial charge in [-0.2, -0.15) is 0 Å². The summed E-state index contributed by atoms with van der Waals surface area (Å²) < 4.78 is 4.98. The molecule has 0 N–H and O–H groups in total. The van der Waals surface area contributed by atoms with Crippen molar-refractivity contribution >= 4 is 12.0 Å². The molecule has 0 saturated heterocycles. The van der Waals surface area contributed by atoms with E-state index in [1.807, 2.05) is 0 Å². The maximum Gasteiger partial charge on any atom is 0.172 e. The van der Waals surface area contributed by atoms with E-state index in [0.717, 1.165) is 5.75 Å². The average molecular weight is 193 g/mol. The maximum atomic E-state index is 10.6. The molecule has 0 aromatic heterocycles. The van der Waals surface area contributed by atoms with Crippen molar-refractivity contribution in [2.75, 3.05) is 14.2 Å². The van der Waals surface area contributed by atoms with Crippen LogP contribution in [-0.2, 0) is 9.63 Å². The molecule has 0 radical (unpaired) electrons. The van der Waals surface area contributed by atoms with Crippen molar-refractivity contribution in [3.05, 3.63) is 29.8 Å². The van der Waals surface area contributed by atoms with Crippen LogP contribution < -0.4 is 4.74 Å². The van der Waals surface area contributed by atoms with Gasteiger partial charge in [0.15, 0.2) is 6.29 Å². The smallest absolute Gasteiger partial charge is 0.172 e. The van der Waals surface area contributed by atoms with E-state index >= 15 is 0 Å². The van der Waals surface area contributed by atoms with Crippen molar-refractivity contribution in [3.8, 4) is 5.75 Å². The number of nitrogens with zero attached hydrogens (tertiary/aromatic N) is 1. The zero-order valence-electron chi connectivity index (χ0n) is 8.06. The van der Waals surface area contributed by atoms with Crippen LogP contribution in [0.2, 0.25) is 0 Å². The van der Waals surface area contributed by atoms with Gasteiger partial charge in [-0.1, -0.05) is 5.16 Å². The van der Waals surface area contributed by atoms with Crippen molar-refractivity contribution < 1.29 is 14.4 Å². The maximum absolute atomic E-state index is 10.6. The zero-order chi connectivity index (χ0) is 10.4. The number of carbonyl (C=O) groups is 1. The number of aldehydes is 1. The molecule has 0 atom stereocenters. The summed E-state index contributed by atoms with van der Waals surface area (Å²) in [4.78, 5) is 15.1. The van der Waals surface area contributed by atoms with Gasteiger partial charge < -0.3 is 9.57 Å². The summed E-state index contributed by atoms with van der Waals surface area (Å²) in [5, 5.41) is 3.58. The number of carbonyl (C=O) groups excluding carboxylic acids is 1. The van der Waals surface area contributed by atoms with Gasteiger partial charge in [-0.15, -0.1) is 0 Å². The third-order valence-electron chi connectivity index (χ3n) is 1.69. The van der Waals surface area contributed by atoms with Gasteiger partial charge in [-0.25, -0.2) is 0 Å². The molecule has 0 heterocycles. The van der Waals surface area contributed by atoms with E-state index < -0.39 is 0 Å². The minimum atomic E-state index is 0.259. The molecule has 0 fully saturated rings. The SMILES string of the molecule is CO/N=C(\C=O)c1ccc(OC)cc1. The molecule has 0 aliphatic carbocycles. The molecule has 1 aromatic rings. The second-order valence-electron chi connectivity index (χ2n) is 2.51. The quantitative estimate of drug-likeness (QED) is 0.410. The minimum absolute atomic E-state index is 0.259. The molecule has 0 amide bonds. The Hall–Kier alpha value is -1.84. The molecule has 4 nitrogen and oxygen atoms in total. The van der Waals surface area contributed by atoms with Crippen LogP contribution in [0.25, 0.3) is 0 Å². The van der Waals surface area contributed by atoms with E-state index in [1.54, 1.807) is 31.4 Å². The van der Waals surface area contributed by atoms with Crippen LogP contribution in [0, 0.1) is 0 Å². The van der Waals surface area contributed by atoms with Crippen molar-refractivity contribution in [1.82, 2.24) is 0 Å². The van der Waals surface area contributed by atoms with E-state index in [4.69, 9.17) is 4.74 Å². The molecule has 0 spiro atoms. The largest absolute Gasteiger partial charge is 0.497 e. The third-order valence-corrected chi connectivity index (χ3v) is 1.69. The van der Waals surface area contributed by atoms with Gasteiger partial charge in [0.05, 0.1) is 7.11 Å². The standard InChI is InChI=1S/C10H11NO3/c1-13-9-5-3-8(4-6-9)10(7-12)11-14-2/h3-7H,1-2H3/b11-10+. The molecule has 1 rings (SSSR count). The Kier molecular flexibility index (Phi) is 3.67. The normalized spacial score (nSPS) is 10.9. The van der Waals surface area contributed by atoms with E-state index in [-0.39, 0.29) is 5.71 Å². The number of benzene rings is 1. The zero-order valence-corrected chi connectivity index (χ0v) is 8.06. The van der Waals surface area contributed by atoms with E-state index in [2.05, 4.69) is 9.99 Å². The first-order valence-corrected chi connectivity index (χ1v) is 4.02. The molecule has 4 heteroatoms. The van der Waals surface area contributed by atoms with Gasteiger partial charge in [0, 0.05) is 5.56 Å². The van der Waals surface area contributed by atoms with Crippen LogP contribution in [0.3, 0.4) is 0 Å². The predicted octanol–water partition coefficient (Wildman–Crippen LogP) is 1.24. The van der Waals surface area contributed by atoms with Gasteiger partial charge in [0.1, 0.15) is 18.6 Å². The predicted molar refractivity (Wildman–Crippen MR) is 52.6 cm³/mol.